The quantitative estimate of drug-likeness (QED) is 0.943. The molecule has 0 aliphatic carbocycles. The summed E-state index contributed by atoms with van der Waals surface area (Å²) in [5.74, 6) is -0.933. The van der Waals surface area contributed by atoms with Crippen LogP contribution < -0.4 is 0 Å². The fourth-order valence-corrected chi connectivity index (χ4v) is 3.05. The van der Waals surface area contributed by atoms with Crippen molar-refractivity contribution in [3.05, 3.63) is 47.8 Å². The van der Waals surface area contributed by atoms with E-state index in [1.54, 1.807) is 22.9 Å². The van der Waals surface area contributed by atoms with Gasteiger partial charge < -0.3 is 5.11 Å². The summed E-state index contributed by atoms with van der Waals surface area (Å²) in [6.45, 7) is 4.26. The number of carbonyl (C=O) groups is 1. The van der Waals surface area contributed by atoms with Gasteiger partial charge in [0.1, 0.15) is 0 Å². The van der Waals surface area contributed by atoms with Crippen LogP contribution >= 0.6 is 0 Å². The number of hydrogen-bond donors (Lipinski definition) is 1. The standard InChI is InChI=1S/C17H21N3O2/c1-13-6-4-5-9-19(13)11-14-10-18-20(12-14)16-8-3-2-7-15(16)17(21)22/h2-3,7-8,10,12-13H,4-6,9,11H2,1H3,(H,21,22). The van der Waals surface area contributed by atoms with Gasteiger partial charge in [0.15, 0.2) is 0 Å². The number of likely N-dealkylation sites (tertiary alicyclic amines) is 1. The van der Waals surface area contributed by atoms with Gasteiger partial charge in [-0.15, -0.1) is 0 Å². The average Bonchev–Trinajstić information content (AvgIpc) is 2.98. The number of rotatable bonds is 4. The van der Waals surface area contributed by atoms with Gasteiger partial charge in [0.05, 0.1) is 17.4 Å². The van der Waals surface area contributed by atoms with Crippen molar-refractivity contribution < 1.29 is 9.90 Å². The summed E-state index contributed by atoms with van der Waals surface area (Å²) >= 11 is 0. The third-order valence-electron chi connectivity index (χ3n) is 4.34. The fraction of sp³-hybridized carbons (Fsp3) is 0.412. The predicted molar refractivity (Wildman–Crippen MR) is 84.2 cm³/mol. The molecule has 0 bridgehead atoms. The zero-order valence-corrected chi connectivity index (χ0v) is 12.8. The van der Waals surface area contributed by atoms with E-state index in [1.807, 2.05) is 18.5 Å². The van der Waals surface area contributed by atoms with E-state index in [4.69, 9.17) is 0 Å². The minimum atomic E-state index is -0.933. The molecule has 5 nitrogen and oxygen atoms in total. The molecule has 5 heteroatoms. The van der Waals surface area contributed by atoms with Crippen molar-refractivity contribution >= 4 is 5.97 Å². The molecule has 0 saturated carbocycles. The Morgan fingerprint density at radius 3 is 2.95 bits per heavy atom. The van der Waals surface area contributed by atoms with E-state index < -0.39 is 5.97 Å². The van der Waals surface area contributed by atoms with Gasteiger partial charge in [0.2, 0.25) is 0 Å². The van der Waals surface area contributed by atoms with Crippen LogP contribution in [0.25, 0.3) is 5.69 Å². The normalized spacial score (nSPS) is 19.2. The summed E-state index contributed by atoms with van der Waals surface area (Å²) in [7, 11) is 0. The van der Waals surface area contributed by atoms with Crippen molar-refractivity contribution in [3.63, 3.8) is 0 Å². The van der Waals surface area contributed by atoms with E-state index in [1.165, 1.54) is 19.3 Å². The lowest BCUT2D eigenvalue weighted by Gasteiger charge is -2.32. The number of aromatic nitrogens is 2. The van der Waals surface area contributed by atoms with Crippen LogP contribution in [0.4, 0.5) is 0 Å². The first kappa shape index (κ1) is 14.8. The first-order valence-electron chi connectivity index (χ1n) is 7.75. The van der Waals surface area contributed by atoms with Gasteiger partial charge in [0, 0.05) is 24.3 Å². The highest BCUT2D eigenvalue weighted by Crippen LogP contribution is 2.20. The zero-order chi connectivity index (χ0) is 15.5. The molecule has 1 saturated heterocycles. The second-order valence-electron chi connectivity index (χ2n) is 5.93. The number of hydrogen-bond acceptors (Lipinski definition) is 3. The third kappa shape index (κ3) is 3.04. The van der Waals surface area contributed by atoms with E-state index in [2.05, 4.69) is 16.9 Å². The zero-order valence-electron chi connectivity index (χ0n) is 12.8. The minimum Gasteiger partial charge on any atom is -0.478 e. The van der Waals surface area contributed by atoms with Crippen molar-refractivity contribution in [2.75, 3.05) is 6.54 Å². The van der Waals surface area contributed by atoms with Crippen LogP contribution in [-0.2, 0) is 6.54 Å². The van der Waals surface area contributed by atoms with E-state index in [-0.39, 0.29) is 5.56 Å². The maximum Gasteiger partial charge on any atom is 0.337 e. The van der Waals surface area contributed by atoms with Crippen LogP contribution in [0.3, 0.4) is 0 Å². The summed E-state index contributed by atoms with van der Waals surface area (Å²) in [5, 5.41) is 13.6. The Bertz CT molecular complexity index is 665. The van der Waals surface area contributed by atoms with Crippen LogP contribution in [0, 0.1) is 0 Å². The summed E-state index contributed by atoms with van der Waals surface area (Å²) in [6, 6.07) is 7.54. The van der Waals surface area contributed by atoms with E-state index in [0.29, 0.717) is 11.7 Å². The second-order valence-corrected chi connectivity index (χ2v) is 5.93. The highest BCUT2D eigenvalue weighted by atomic mass is 16.4. The molecule has 1 fully saturated rings. The van der Waals surface area contributed by atoms with Gasteiger partial charge in [0.25, 0.3) is 0 Å². The number of carboxylic acid groups (broad SMARTS) is 1. The van der Waals surface area contributed by atoms with Crippen LogP contribution in [0.15, 0.2) is 36.7 Å². The molecule has 3 rings (SSSR count). The molecule has 0 radical (unpaired) electrons. The molecule has 2 heterocycles. The number of piperidine rings is 1. The van der Waals surface area contributed by atoms with Crippen LogP contribution in [0.5, 0.6) is 0 Å². The van der Waals surface area contributed by atoms with Gasteiger partial charge in [-0.05, 0) is 38.4 Å². The molecule has 1 aliphatic rings. The maximum atomic E-state index is 11.3. The van der Waals surface area contributed by atoms with Crippen LogP contribution in [0.2, 0.25) is 0 Å². The minimum absolute atomic E-state index is 0.267. The highest BCUT2D eigenvalue weighted by Gasteiger charge is 2.19. The van der Waals surface area contributed by atoms with Gasteiger partial charge in [-0.1, -0.05) is 18.6 Å². The number of nitrogens with zero attached hydrogens (tertiary/aromatic N) is 3. The largest absolute Gasteiger partial charge is 0.478 e. The topological polar surface area (TPSA) is 58.4 Å². The first-order chi connectivity index (χ1) is 10.6. The third-order valence-corrected chi connectivity index (χ3v) is 4.34. The number of para-hydroxylation sites is 1. The van der Waals surface area contributed by atoms with E-state index in [0.717, 1.165) is 18.7 Å². The lowest BCUT2D eigenvalue weighted by Crippen LogP contribution is -2.36. The molecule has 2 aromatic rings. The SMILES string of the molecule is CC1CCCCN1Cc1cnn(-c2ccccc2C(=O)O)c1. The Balaban J connectivity index is 1.81. The Labute approximate surface area is 130 Å². The van der Waals surface area contributed by atoms with Gasteiger partial charge >= 0.3 is 5.97 Å². The molecule has 22 heavy (non-hydrogen) atoms. The summed E-state index contributed by atoms with van der Waals surface area (Å²) in [6.07, 6.45) is 7.57. The summed E-state index contributed by atoms with van der Waals surface area (Å²) in [4.78, 5) is 13.8. The Kier molecular flexibility index (Phi) is 4.24. The molecular weight excluding hydrogens is 278 g/mol. The first-order valence-corrected chi connectivity index (χ1v) is 7.75. The van der Waals surface area contributed by atoms with E-state index in [9.17, 15) is 9.90 Å². The summed E-state index contributed by atoms with van der Waals surface area (Å²) < 4.78 is 1.66. The molecule has 1 aromatic heterocycles. The van der Waals surface area contributed by atoms with Crippen molar-refractivity contribution in [1.29, 1.82) is 0 Å². The van der Waals surface area contributed by atoms with Gasteiger partial charge in [-0.25, -0.2) is 9.48 Å². The molecule has 1 unspecified atom stereocenters. The molecular formula is C17H21N3O2. The van der Waals surface area contributed by atoms with Crippen molar-refractivity contribution in [2.45, 2.75) is 38.8 Å². The Morgan fingerprint density at radius 2 is 2.18 bits per heavy atom. The fourth-order valence-electron chi connectivity index (χ4n) is 3.05. The van der Waals surface area contributed by atoms with Crippen molar-refractivity contribution in [1.82, 2.24) is 14.7 Å². The number of aromatic carboxylic acids is 1. The Morgan fingerprint density at radius 1 is 1.36 bits per heavy atom. The van der Waals surface area contributed by atoms with Crippen LogP contribution in [-0.4, -0.2) is 38.3 Å². The lowest BCUT2D eigenvalue weighted by molar-refractivity contribution is 0.0696. The van der Waals surface area contributed by atoms with Crippen molar-refractivity contribution in [2.24, 2.45) is 0 Å². The van der Waals surface area contributed by atoms with Gasteiger partial charge in [-0.2, -0.15) is 5.10 Å². The molecule has 1 aliphatic heterocycles. The molecule has 0 spiro atoms. The second kappa shape index (κ2) is 6.32. The maximum absolute atomic E-state index is 11.3. The number of carboxylic acids is 1. The molecule has 0 amide bonds. The van der Waals surface area contributed by atoms with Gasteiger partial charge in [-0.3, -0.25) is 4.90 Å². The van der Waals surface area contributed by atoms with Crippen molar-refractivity contribution in [3.8, 4) is 5.69 Å². The molecule has 1 atom stereocenters. The predicted octanol–water partition coefficient (Wildman–Crippen LogP) is 2.94. The molecule has 1 aromatic carbocycles. The van der Waals surface area contributed by atoms with E-state index >= 15 is 0 Å². The van der Waals surface area contributed by atoms with Crippen LogP contribution in [0.1, 0.15) is 42.1 Å². The monoisotopic (exact) mass is 299 g/mol. The molecule has 1 N–H and O–H groups in total. The Hall–Kier alpha value is -2.14. The average molecular weight is 299 g/mol. The molecule has 116 valence electrons. The number of benzene rings is 1. The summed E-state index contributed by atoms with van der Waals surface area (Å²) in [5.41, 5.74) is 1.99. The highest BCUT2D eigenvalue weighted by molar-refractivity contribution is 5.91. The smallest absolute Gasteiger partial charge is 0.337 e. The lowest BCUT2D eigenvalue weighted by atomic mass is 10.0.